The molecule has 0 aliphatic heterocycles. The molecule has 158 valence electrons. The third-order valence-electron chi connectivity index (χ3n) is 5.18. The van der Waals surface area contributed by atoms with Crippen molar-refractivity contribution in [2.24, 2.45) is 0 Å². The molecule has 0 fully saturated rings. The molecule has 8 heteroatoms. The maximum atomic E-state index is 13.3. The average molecular weight is 444 g/mol. The van der Waals surface area contributed by atoms with Crippen molar-refractivity contribution >= 4 is 39.7 Å². The Morgan fingerprint density at radius 3 is 2.62 bits per heavy atom. The van der Waals surface area contributed by atoms with E-state index in [1.807, 2.05) is 49.4 Å². The lowest BCUT2D eigenvalue weighted by atomic mass is 10.1. The molecular formula is C24H18ClN5O2. The van der Waals surface area contributed by atoms with Crippen LogP contribution >= 0.6 is 11.6 Å². The smallest absolute Gasteiger partial charge is 0.323 e. The van der Waals surface area contributed by atoms with Crippen molar-refractivity contribution in [2.75, 3.05) is 5.32 Å². The van der Waals surface area contributed by atoms with Crippen LogP contribution in [0.3, 0.4) is 0 Å². The molecule has 0 aliphatic carbocycles. The minimum Gasteiger partial charge on any atom is -0.323 e. The molecule has 0 spiro atoms. The van der Waals surface area contributed by atoms with Crippen LogP contribution in [0.4, 0.5) is 5.69 Å². The fourth-order valence-corrected chi connectivity index (χ4v) is 3.87. The van der Waals surface area contributed by atoms with Crippen molar-refractivity contribution in [2.45, 2.75) is 13.5 Å². The quantitative estimate of drug-likeness (QED) is 0.448. The van der Waals surface area contributed by atoms with Gasteiger partial charge < -0.3 is 5.32 Å². The number of nitrogens with zero attached hydrogens (tertiary/aromatic N) is 4. The molecule has 2 aromatic heterocycles. The van der Waals surface area contributed by atoms with Crippen LogP contribution in [0.2, 0.25) is 5.02 Å². The summed E-state index contributed by atoms with van der Waals surface area (Å²) in [4.78, 5) is 30.7. The number of rotatable bonds is 4. The number of fused-ring (bicyclic) bond motifs is 3. The van der Waals surface area contributed by atoms with Crippen LogP contribution < -0.4 is 11.0 Å². The normalized spacial score (nSPS) is 11.2. The molecule has 2 heterocycles. The Bertz CT molecular complexity index is 1550. The van der Waals surface area contributed by atoms with E-state index >= 15 is 0 Å². The number of amides is 1. The maximum Gasteiger partial charge on any atom is 0.351 e. The van der Waals surface area contributed by atoms with Crippen molar-refractivity contribution in [1.29, 1.82) is 0 Å². The van der Waals surface area contributed by atoms with Gasteiger partial charge >= 0.3 is 5.69 Å². The summed E-state index contributed by atoms with van der Waals surface area (Å²) in [6, 6.07) is 22.1. The number of hydrogen-bond donors (Lipinski definition) is 1. The fourth-order valence-electron chi connectivity index (χ4n) is 3.69. The third kappa shape index (κ3) is 3.52. The molecule has 0 aliphatic rings. The number of carbonyl (C=O) groups excluding carboxylic acids is 1. The number of aromatic nitrogens is 4. The first kappa shape index (κ1) is 20.0. The monoisotopic (exact) mass is 443 g/mol. The Kier molecular flexibility index (Phi) is 4.95. The van der Waals surface area contributed by atoms with Crippen LogP contribution in [0.1, 0.15) is 5.56 Å². The molecule has 1 amide bonds. The maximum absolute atomic E-state index is 13.3. The van der Waals surface area contributed by atoms with Crippen molar-refractivity contribution < 1.29 is 4.79 Å². The molecule has 0 atom stereocenters. The molecule has 1 N–H and O–H groups in total. The van der Waals surface area contributed by atoms with Gasteiger partial charge in [0, 0.05) is 10.9 Å². The van der Waals surface area contributed by atoms with Crippen molar-refractivity contribution in [1.82, 2.24) is 19.2 Å². The van der Waals surface area contributed by atoms with E-state index in [1.165, 1.54) is 9.08 Å². The average Bonchev–Trinajstić information content (AvgIpc) is 3.24. The Morgan fingerprint density at radius 2 is 1.81 bits per heavy atom. The Balaban J connectivity index is 1.62. The molecule has 32 heavy (non-hydrogen) atoms. The zero-order chi connectivity index (χ0) is 22.2. The molecule has 5 aromatic rings. The molecule has 0 bridgehead atoms. The van der Waals surface area contributed by atoms with E-state index in [1.54, 1.807) is 30.3 Å². The minimum absolute atomic E-state index is 0.194. The molecule has 0 saturated carbocycles. The molecule has 5 rings (SSSR count). The fraction of sp³-hybridized carbons (Fsp3) is 0.0833. The standard InChI is InChI=1S/C24H18ClN5O2/c1-15-7-6-8-16(13-15)22-27-23-17-9-2-5-12-20(17)29(24(32)30(23)28-22)14-21(31)26-19-11-4-3-10-18(19)25/h2-13H,14H2,1H3,(H,26,31). The van der Waals surface area contributed by atoms with E-state index in [-0.39, 0.29) is 12.5 Å². The van der Waals surface area contributed by atoms with E-state index in [2.05, 4.69) is 15.4 Å². The number of aryl methyl sites for hydroxylation is 1. The van der Waals surface area contributed by atoms with Crippen LogP contribution in [0.5, 0.6) is 0 Å². The highest BCUT2D eigenvalue weighted by molar-refractivity contribution is 6.33. The van der Waals surface area contributed by atoms with Gasteiger partial charge in [0.15, 0.2) is 11.5 Å². The van der Waals surface area contributed by atoms with Crippen LogP contribution in [0, 0.1) is 6.92 Å². The topological polar surface area (TPSA) is 81.3 Å². The van der Waals surface area contributed by atoms with Crippen molar-refractivity contribution in [3.63, 3.8) is 0 Å². The lowest BCUT2D eigenvalue weighted by Crippen LogP contribution is -2.32. The number of nitrogens with one attached hydrogen (secondary N) is 1. The number of hydrogen-bond acceptors (Lipinski definition) is 4. The highest BCUT2D eigenvalue weighted by Gasteiger charge is 2.17. The lowest BCUT2D eigenvalue weighted by Gasteiger charge is -2.12. The van der Waals surface area contributed by atoms with E-state index in [0.29, 0.717) is 27.7 Å². The van der Waals surface area contributed by atoms with E-state index in [4.69, 9.17) is 11.6 Å². The minimum atomic E-state index is -0.445. The van der Waals surface area contributed by atoms with E-state index in [9.17, 15) is 9.59 Å². The number of benzene rings is 3. The summed E-state index contributed by atoms with van der Waals surface area (Å²) in [7, 11) is 0. The van der Waals surface area contributed by atoms with Crippen LogP contribution in [0.25, 0.3) is 27.9 Å². The predicted octanol–water partition coefficient (Wildman–Crippen LogP) is 4.31. The van der Waals surface area contributed by atoms with Gasteiger partial charge in [-0.1, -0.05) is 59.6 Å². The Morgan fingerprint density at radius 1 is 1.03 bits per heavy atom. The second-order valence-corrected chi connectivity index (χ2v) is 7.86. The SMILES string of the molecule is Cc1cccc(-c2nc3c4ccccc4n(CC(=O)Nc4ccccc4Cl)c(=O)n3n2)c1. The van der Waals surface area contributed by atoms with Gasteiger partial charge in [-0.3, -0.25) is 9.36 Å². The molecule has 0 saturated heterocycles. The highest BCUT2D eigenvalue weighted by atomic mass is 35.5. The summed E-state index contributed by atoms with van der Waals surface area (Å²) in [6.45, 7) is 1.79. The number of para-hydroxylation sites is 2. The van der Waals surface area contributed by atoms with E-state index < -0.39 is 5.69 Å². The number of carbonyl (C=O) groups is 1. The first-order chi connectivity index (χ1) is 15.5. The van der Waals surface area contributed by atoms with Gasteiger partial charge in [-0.15, -0.1) is 5.10 Å². The number of anilines is 1. The molecule has 0 radical (unpaired) electrons. The highest BCUT2D eigenvalue weighted by Crippen LogP contribution is 2.23. The molecule has 0 unspecified atom stereocenters. The molecule has 3 aromatic carbocycles. The van der Waals surface area contributed by atoms with Gasteiger partial charge in [0.1, 0.15) is 6.54 Å². The summed E-state index contributed by atoms with van der Waals surface area (Å²) >= 11 is 6.14. The van der Waals surface area contributed by atoms with Crippen LogP contribution in [-0.2, 0) is 11.3 Å². The van der Waals surface area contributed by atoms with Gasteiger partial charge in [0.25, 0.3) is 0 Å². The van der Waals surface area contributed by atoms with Gasteiger partial charge in [-0.25, -0.2) is 9.78 Å². The second-order valence-electron chi connectivity index (χ2n) is 7.45. The van der Waals surface area contributed by atoms with Gasteiger partial charge in [-0.05, 0) is 37.3 Å². The zero-order valence-corrected chi connectivity index (χ0v) is 17.9. The largest absolute Gasteiger partial charge is 0.351 e. The Labute approximate surface area is 187 Å². The van der Waals surface area contributed by atoms with Crippen LogP contribution in [-0.4, -0.2) is 25.1 Å². The van der Waals surface area contributed by atoms with Gasteiger partial charge in [0.2, 0.25) is 5.91 Å². The third-order valence-corrected chi connectivity index (χ3v) is 5.51. The summed E-state index contributed by atoms with van der Waals surface area (Å²) in [5, 5.41) is 8.37. The van der Waals surface area contributed by atoms with Crippen molar-refractivity contribution in [3.8, 4) is 11.4 Å². The van der Waals surface area contributed by atoms with E-state index in [0.717, 1.165) is 16.5 Å². The summed E-state index contributed by atoms with van der Waals surface area (Å²) in [5.41, 5.74) is 2.98. The summed E-state index contributed by atoms with van der Waals surface area (Å²) in [6.07, 6.45) is 0. The van der Waals surface area contributed by atoms with Crippen LogP contribution in [0.15, 0.2) is 77.6 Å². The summed E-state index contributed by atoms with van der Waals surface area (Å²) in [5.74, 6) is 0.0814. The van der Waals surface area contributed by atoms with Gasteiger partial charge in [0.05, 0.1) is 16.2 Å². The van der Waals surface area contributed by atoms with Crippen molar-refractivity contribution in [3.05, 3.63) is 93.9 Å². The number of halogens is 1. The zero-order valence-electron chi connectivity index (χ0n) is 17.1. The Hall–Kier alpha value is -3.97. The summed E-state index contributed by atoms with van der Waals surface area (Å²) < 4.78 is 2.64. The first-order valence-corrected chi connectivity index (χ1v) is 10.4. The molecular weight excluding hydrogens is 426 g/mol. The molecule has 7 nitrogen and oxygen atoms in total. The predicted molar refractivity (Wildman–Crippen MR) is 125 cm³/mol. The lowest BCUT2D eigenvalue weighted by molar-refractivity contribution is -0.116. The first-order valence-electron chi connectivity index (χ1n) is 10.0. The van der Waals surface area contributed by atoms with Gasteiger partial charge in [-0.2, -0.15) is 4.52 Å². The second kappa shape index (κ2) is 7.94.